The topological polar surface area (TPSA) is 107 Å². The molecule has 7 nitrogen and oxygen atoms in total. The predicted molar refractivity (Wildman–Crippen MR) is 128 cm³/mol. The lowest BCUT2D eigenvalue weighted by molar-refractivity contribution is -0.219. The van der Waals surface area contributed by atoms with E-state index in [9.17, 15) is 24.3 Å². The Bertz CT molecular complexity index is 1050. The van der Waals surface area contributed by atoms with Gasteiger partial charge in [-0.2, -0.15) is 0 Å². The Labute approximate surface area is 208 Å². The van der Waals surface area contributed by atoms with Crippen LogP contribution < -0.4 is 0 Å². The summed E-state index contributed by atoms with van der Waals surface area (Å²) in [7, 11) is 1.25. The van der Waals surface area contributed by atoms with Crippen LogP contribution in [0.3, 0.4) is 0 Å². The average molecular weight is 489 g/mol. The Morgan fingerprint density at radius 3 is 2.14 bits per heavy atom. The first kappa shape index (κ1) is 26.1. The minimum absolute atomic E-state index is 0.155. The highest BCUT2D eigenvalue weighted by molar-refractivity contribution is 6.30. The van der Waals surface area contributed by atoms with Crippen molar-refractivity contribution < 1.29 is 33.8 Å². The molecule has 4 aliphatic carbocycles. The number of aliphatic hydroxyl groups is 1. The summed E-state index contributed by atoms with van der Waals surface area (Å²) in [6, 6.07) is 0. The molecule has 0 heterocycles. The van der Waals surface area contributed by atoms with Gasteiger partial charge in [-0.1, -0.05) is 39.3 Å². The summed E-state index contributed by atoms with van der Waals surface area (Å²) in [5, 5.41) is 11.2. The van der Waals surface area contributed by atoms with E-state index < -0.39 is 39.4 Å². The first-order valence-corrected chi connectivity index (χ1v) is 12.7. The van der Waals surface area contributed by atoms with E-state index in [1.807, 2.05) is 6.92 Å². The van der Waals surface area contributed by atoms with Crippen molar-refractivity contribution in [2.24, 2.45) is 38.9 Å². The molecular formula is C28H40O7. The molecule has 0 aromatic heterocycles. The van der Waals surface area contributed by atoms with Crippen LogP contribution in [0.1, 0.15) is 81.1 Å². The Kier molecular flexibility index (Phi) is 5.41. The van der Waals surface area contributed by atoms with E-state index in [0.717, 1.165) is 6.42 Å². The van der Waals surface area contributed by atoms with Crippen LogP contribution in [0.4, 0.5) is 0 Å². The summed E-state index contributed by atoms with van der Waals surface area (Å²) < 4.78 is 11.0. The van der Waals surface area contributed by atoms with Crippen LogP contribution in [0, 0.1) is 38.9 Å². The summed E-state index contributed by atoms with van der Waals surface area (Å²) in [5.41, 5.74) is -6.57. The lowest BCUT2D eigenvalue weighted by Gasteiger charge is -2.68. The fraction of sp³-hybridized carbons (Fsp3) is 0.786. The van der Waals surface area contributed by atoms with Gasteiger partial charge in [0.05, 0.1) is 12.5 Å². The lowest BCUT2D eigenvalue weighted by Crippen LogP contribution is -2.70. The number of allylic oxidation sites excluding steroid dienone is 2. The molecule has 0 radical (unpaired) electrons. The predicted octanol–water partition coefficient (Wildman–Crippen LogP) is 3.81. The van der Waals surface area contributed by atoms with E-state index in [1.165, 1.54) is 21.0 Å². The maximum absolute atomic E-state index is 14.1. The molecule has 0 aromatic rings. The van der Waals surface area contributed by atoms with Crippen molar-refractivity contribution in [3.63, 3.8) is 0 Å². The number of Topliss-reactive ketones (excluding diaryl/α,β-unsaturated/α-hetero) is 2. The Hall–Kier alpha value is -2.02. The number of esters is 2. The zero-order valence-corrected chi connectivity index (χ0v) is 22.5. The van der Waals surface area contributed by atoms with Gasteiger partial charge in [-0.15, -0.1) is 0 Å². The second kappa shape index (κ2) is 7.27. The van der Waals surface area contributed by atoms with E-state index in [-0.39, 0.29) is 34.7 Å². The number of ether oxygens (including phenoxy) is 2. The van der Waals surface area contributed by atoms with Crippen LogP contribution >= 0.6 is 0 Å². The van der Waals surface area contributed by atoms with Crippen molar-refractivity contribution in [3.8, 4) is 0 Å². The van der Waals surface area contributed by atoms with Crippen LogP contribution in [0.15, 0.2) is 11.6 Å². The zero-order valence-electron chi connectivity index (χ0n) is 22.5. The van der Waals surface area contributed by atoms with Gasteiger partial charge in [0.25, 0.3) is 0 Å². The molecule has 0 saturated heterocycles. The van der Waals surface area contributed by atoms with Gasteiger partial charge >= 0.3 is 11.9 Å². The number of methoxy groups -OCH3 is 1. The normalized spacial score (nSPS) is 48.3. The molecule has 0 aromatic carbocycles. The molecule has 1 N–H and O–H groups in total. The fourth-order valence-corrected chi connectivity index (χ4v) is 9.43. The highest BCUT2D eigenvalue weighted by Crippen LogP contribution is 2.76. The van der Waals surface area contributed by atoms with Gasteiger partial charge < -0.3 is 14.6 Å². The number of hydrogen-bond acceptors (Lipinski definition) is 7. The third kappa shape index (κ3) is 2.66. The number of rotatable bonds is 2. The zero-order chi connectivity index (χ0) is 26.6. The minimum atomic E-state index is -2.28. The molecule has 3 fully saturated rings. The number of fused-ring (bicyclic) bond motifs is 5. The molecule has 194 valence electrons. The number of hydrogen-bond donors (Lipinski definition) is 1. The Morgan fingerprint density at radius 2 is 1.60 bits per heavy atom. The SMILES string of the molecule is COC(=O)C12C(=O)C(C)(O)C(=O)C1(C)C(C)=CC1C3(C)CCC(OC(C)=O)C(C)(C)C3CCC12C. The number of carbonyl (C=O) groups excluding carboxylic acids is 4. The van der Waals surface area contributed by atoms with Crippen LogP contribution in [-0.4, -0.2) is 47.4 Å². The van der Waals surface area contributed by atoms with E-state index in [2.05, 4.69) is 26.8 Å². The lowest BCUT2D eigenvalue weighted by atomic mass is 9.34. The molecule has 4 rings (SSSR count). The smallest absolute Gasteiger partial charge is 0.321 e. The number of ketones is 2. The molecule has 3 saturated carbocycles. The second-order valence-electron chi connectivity index (χ2n) is 12.9. The van der Waals surface area contributed by atoms with Crippen molar-refractivity contribution in [3.05, 3.63) is 11.6 Å². The van der Waals surface area contributed by atoms with Gasteiger partial charge in [0, 0.05) is 12.3 Å². The van der Waals surface area contributed by atoms with Gasteiger partial charge in [-0.25, -0.2) is 0 Å². The maximum Gasteiger partial charge on any atom is 0.321 e. The van der Waals surface area contributed by atoms with Gasteiger partial charge in [-0.3, -0.25) is 19.2 Å². The standard InChI is InChI=1S/C28H40O7/c1-15-14-18-24(5)12-11-19(35-16(2)29)23(3,4)17(24)10-13-25(18,6)28(22(32)34-9)21(31)27(8,33)20(30)26(15,28)7/h14,17-19,33H,10-13H2,1-9H3. The summed E-state index contributed by atoms with van der Waals surface area (Å²) in [6.07, 6.45) is 4.49. The first-order valence-electron chi connectivity index (χ1n) is 12.7. The molecule has 0 spiro atoms. The van der Waals surface area contributed by atoms with Crippen LogP contribution in [-0.2, 0) is 28.7 Å². The molecule has 8 atom stereocenters. The highest BCUT2D eigenvalue weighted by atomic mass is 16.5. The second-order valence-corrected chi connectivity index (χ2v) is 12.9. The van der Waals surface area contributed by atoms with E-state index in [1.54, 1.807) is 13.8 Å². The molecule has 7 heteroatoms. The van der Waals surface area contributed by atoms with Gasteiger partial charge in [0.15, 0.2) is 22.6 Å². The molecule has 0 amide bonds. The minimum Gasteiger partial charge on any atom is -0.468 e. The monoisotopic (exact) mass is 488 g/mol. The van der Waals surface area contributed by atoms with Crippen molar-refractivity contribution in [1.29, 1.82) is 0 Å². The molecular weight excluding hydrogens is 448 g/mol. The highest BCUT2D eigenvalue weighted by Gasteiger charge is 2.85. The van der Waals surface area contributed by atoms with E-state index in [4.69, 9.17) is 9.47 Å². The summed E-state index contributed by atoms with van der Waals surface area (Å²) in [6.45, 7) is 14.5. The Morgan fingerprint density at radius 1 is 1.00 bits per heavy atom. The first-order chi connectivity index (χ1) is 15.9. The van der Waals surface area contributed by atoms with E-state index in [0.29, 0.717) is 24.8 Å². The molecule has 35 heavy (non-hydrogen) atoms. The van der Waals surface area contributed by atoms with Gasteiger partial charge in [0.2, 0.25) is 0 Å². The third-order valence-corrected chi connectivity index (χ3v) is 11.1. The van der Waals surface area contributed by atoms with Crippen molar-refractivity contribution >= 4 is 23.5 Å². The summed E-state index contributed by atoms with van der Waals surface area (Å²) in [5.74, 6) is -2.49. The van der Waals surface area contributed by atoms with Gasteiger partial charge in [-0.05, 0) is 69.1 Å². The van der Waals surface area contributed by atoms with Crippen LogP contribution in [0.2, 0.25) is 0 Å². The van der Waals surface area contributed by atoms with Gasteiger partial charge in [0.1, 0.15) is 6.10 Å². The summed E-state index contributed by atoms with van der Waals surface area (Å²) in [4.78, 5) is 53.4. The molecule has 4 aliphatic rings. The van der Waals surface area contributed by atoms with Crippen LogP contribution in [0.5, 0.6) is 0 Å². The average Bonchev–Trinajstić information content (AvgIpc) is 2.88. The molecule has 0 bridgehead atoms. The van der Waals surface area contributed by atoms with Crippen molar-refractivity contribution in [2.75, 3.05) is 7.11 Å². The molecule has 8 unspecified atom stereocenters. The number of carbonyl (C=O) groups is 4. The quantitative estimate of drug-likeness (QED) is 0.358. The molecule has 0 aliphatic heterocycles. The van der Waals surface area contributed by atoms with Crippen molar-refractivity contribution in [1.82, 2.24) is 0 Å². The van der Waals surface area contributed by atoms with E-state index >= 15 is 0 Å². The Balaban J connectivity index is 1.97. The maximum atomic E-state index is 14.1. The largest absolute Gasteiger partial charge is 0.468 e. The van der Waals surface area contributed by atoms with Crippen molar-refractivity contribution in [2.45, 2.75) is 92.8 Å². The van der Waals surface area contributed by atoms with Crippen LogP contribution in [0.25, 0.3) is 0 Å². The third-order valence-electron chi connectivity index (χ3n) is 11.1. The summed E-state index contributed by atoms with van der Waals surface area (Å²) >= 11 is 0. The fourth-order valence-electron chi connectivity index (χ4n) is 9.43.